The minimum Gasteiger partial charge on any atom is -0.508 e. The van der Waals surface area contributed by atoms with Crippen LogP contribution in [-0.4, -0.2) is 23.0 Å². The van der Waals surface area contributed by atoms with Crippen molar-refractivity contribution in [1.82, 2.24) is 5.32 Å². The van der Waals surface area contributed by atoms with Crippen molar-refractivity contribution in [2.75, 3.05) is 4.90 Å². The molecule has 1 aliphatic rings. The molecule has 172 valence electrons. The van der Waals surface area contributed by atoms with Crippen LogP contribution in [0.2, 0.25) is 0 Å². The number of phenolic OH excluding ortho intramolecular Hbond substituents is 1. The Balaban J connectivity index is 1.61. The summed E-state index contributed by atoms with van der Waals surface area (Å²) in [5, 5.41) is 11.6. The van der Waals surface area contributed by atoms with E-state index in [0.717, 1.165) is 4.90 Å². The third kappa shape index (κ3) is 4.87. The molecule has 2 N–H and O–H groups in total. The Morgan fingerprint density at radius 1 is 1.00 bits per heavy atom. The Morgan fingerprint density at radius 2 is 1.65 bits per heavy atom. The Morgan fingerprint density at radius 3 is 2.29 bits per heavy atom. The van der Waals surface area contributed by atoms with Gasteiger partial charge in [0.1, 0.15) is 29.5 Å². The topological polar surface area (TPSA) is 95.9 Å². The van der Waals surface area contributed by atoms with Gasteiger partial charge >= 0.3 is 6.03 Å². The second kappa shape index (κ2) is 9.78. The number of benzene rings is 3. The molecule has 10 heteroatoms. The molecule has 1 heterocycles. The molecule has 1 saturated heterocycles. The maximum Gasteiger partial charge on any atom is 0.335 e. The number of aromatic hydroxyl groups is 1. The van der Waals surface area contributed by atoms with Crippen molar-refractivity contribution in [1.29, 1.82) is 0 Å². The highest BCUT2D eigenvalue weighted by atomic mass is 79.9. The summed E-state index contributed by atoms with van der Waals surface area (Å²) in [4.78, 5) is 38.5. The molecule has 0 atom stereocenters. The standard InChI is InChI=1S/C24H15Br2FN2O5/c25-18-10-13(11-19(26)21(18)34-12-14-3-1-2-4-20(14)27)9-17-22(31)28-24(33)29(23(17)32)15-5-7-16(30)8-6-15/h1-11,30H,12H2,(H,28,31,33)/b17-9+. The summed E-state index contributed by atoms with van der Waals surface area (Å²) >= 11 is 6.80. The van der Waals surface area contributed by atoms with Crippen LogP contribution in [0.5, 0.6) is 11.5 Å². The number of hydrogen-bond acceptors (Lipinski definition) is 5. The van der Waals surface area contributed by atoms with E-state index in [9.17, 15) is 23.9 Å². The van der Waals surface area contributed by atoms with E-state index < -0.39 is 17.8 Å². The maximum absolute atomic E-state index is 13.9. The summed E-state index contributed by atoms with van der Waals surface area (Å²) in [7, 11) is 0. The van der Waals surface area contributed by atoms with Crippen LogP contribution in [0.25, 0.3) is 6.08 Å². The summed E-state index contributed by atoms with van der Waals surface area (Å²) in [5.41, 5.74) is 0.788. The average molecular weight is 590 g/mol. The van der Waals surface area contributed by atoms with Gasteiger partial charge in [-0.3, -0.25) is 14.9 Å². The Bertz CT molecular complexity index is 1320. The predicted octanol–water partition coefficient (Wildman–Crippen LogP) is 5.30. The molecule has 1 fully saturated rings. The highest BCUT2D eigenvalue weighted by Gasteiger charge is 2.36. The van der Waals surface area contributed by atoms with Gasteiger partial charge in [0, 0.05) is 5.56 Å². The summed E-state index contributed by atoms with van der Waals surface area (Å²) in [5.74, 6) is -1.66. The molecule has 0 aliphatic carbocycles. The quantitative estimate of drug-likeness (QED) is 0.311. The number of carbonyl (C=O) groups excluding carboxylic acids is 3. The molecule has 3 aromatic carbocycles. The summed E-state index contributed by atoms with van der Waals surface area (Å²) < 4.78 is 20.6. The molecule has 4 amide bonds. The molecule has 7 nitrogen and oxygen atoms in total. The van der Waals surface area contributed by atoms with Crippen LogP contribution in [0.4, 0.5) is 14.9 Å². The molecule has 0 unspecified atom stereocenters. The van der Waals surface area contributed by atoms with Crippen LogP contribution in [-0.2, 0) is 16.2 Å². The van der Waals surface area contributed by atoms with Gasteiger partial charge in [-0.05, 0) is 86.0 Å². The second-order valence-electron chi connectivity index (χ2n) is 7.17. The molecule has 0 spiro atoms. The monoisotopic (exact) mass is 588 g/mol. The van der Waals surface area contributed by atoms with Gasteiger partial charge in [-0.15, -0.1) is 0 Å². The van der Waals surface area contributed by atoms with E-state index in [0.29, 0.717) is 25.8 Å². The van der Waals surface area contributed by atoms with Crippen molar-refractivity contribution in [3.05, 3.63) is 92.1 Å². The molecule has 0 saturated carbocycles. The SMILES string of the molecule is O=C1NC(=O)N(c2ccc(O)cc2)C(=O)/C1=C/c1cc(Br)c(OCc2ccccc2F)c(Br)c1. The lowest BCUT2D eigenvalue weighted by atomic mass is 10.1. The van der Waals surface area contributed by atoms with Crippen LogP contribution in [0, 0.1) is 5.82 Å². The number of phenols is 1. The largest absolute Gasteiger partial charge is 0.508 e. The number of hydrogen-bond donors (Lipinski definition) is 2. The van der Waals surface area contributed by atoms with Gasteiger partial charge in [0.2, 0.25) is 0 Å². The number of urea groups is 1. The molecule has 4 rings (SSSR count). The van der Waals surface area contributed by atoms with Gasteiger partial charge in [0.05, 0.1) is 14.6 Å². The number of amides is 4. The van der Waals surface area contributed by atoms with E-state index in [1.54, 1.807) is 30.3 Å². The van der Waals surface area contributed by atoms with Gasteiger partial charge in [0.15, 0.2) is 0 Å². The second-order valence-corrected chi connectivity index (χ2v) is 8.88. The van der Waals surface area contributed by atoms with E-state index in [2.05, 4.69) is 37.2 Å². The van der Waals surface area contributed by atoms with Crippen LogP contribution in [0.1, 0.15) is 11.1 Å². The van der Waals surface area contributed by atoms with Crippen LogP contribution >= 0.6 is 31.9 Å². The molecular weight excluding hydrogens is 575 g/mol. The van der Waals surface area contributed by atoms with Gasteiger partial charge in [0.25, 0.3) is 11.8 Å². The number of nitrogens with one attached hydrogen (secondary N) is 1. The van der Waals surface area contributed by atoms with Gasteiger partial charge in [-0.25, -0.2) is 14.1 Å². The molecule has 0 bridgehead atoms. The fraction of sp³-hybridized carbons (Fsp3) is 0.0417. The van der Waals surface area contributed by atoms with Crippen molar-refractivity contribution in [3.63, 3.8) is 0 Å². The number of nitrogens with zero attached hydrogens (tertiary/aromatic N) is 1. The van der Waals surface area contributed by atoms with Crippen molar-refractivity contribution in [3.8, 4) is 11.5 Å². The van der Waals surface area contributed by atoms with E-state index >= 15 is 0 Å². The first-order chi connectivity index (χ1) is 16.2. The zero-order chi connectivity index (χ0) is 24.4. The van der Waals surface area contributed by atoms with E-state index in [4.69, 9.17) is 4.74 Å². The Labute approximate surface area is 210 Å². The number of carbonyl (C=O) groups is 3. The number of anilines is 1. The number of imide groups is 2. The summed E-state index contributed by atoms with van der Waals surface area (Å²) in [6.45, 7) is -0.00506. The minimum atomic E-state index is -0.892. The smallest absolute Gasteiger partial charge is 0.335 e. The molecule has 0 aromatic heterocycles. The van der Waals surface area contributed by atoms with Gasteiger partial charge < -0.3 is 9.84 Å². The van der Waals surface area contributed by atoms with Gasteiger partial charge in [-0.1, -0.05) is 18.2 Å². The summed E-state index contributed by atoms with van der Waals surface area (Å²) in [6, 6.07) is 14.0. The zero-order valence-electron chi connectivity index (χ0n) is 17.2. The van der Waals surface area contributed by atoms with E-state index in [-0.39, 0.29) is 29.4 Å². The minimum absolute atomic E-state index is 0.00506. The highest BCUT2D eigenvalue weighted by Crippen LogP contribution is 2.36. The number of ether oxygens (including phenoxy) is 1. The van der Waals surface area contributed by atoms with E-state index in [1.165, 1.54) is 36.4 Å². The Kier molecular flexibility index (Phi) is 6.80. The number of rotatable bonds is 5. The molecule has 1 aliphatic heterocycles. The number of barbiturate groups is 1. The van der Waals surface area contributed by atoms with Crippen LogP contribution in [0.3, 0.4) is 0 Å². The third-order valence-electron chi connectivity index (χ3n) is 4.87. The maximum atomic E-state index is 13.9. The first kappa shape index (κ1) is 23.7. The van der Waals surface area contributed by atoms with Crippen molar-refractivity contribution >= 4 is 61.5 Å². The number of halogens is 3. The zero-order valence-corrected chi connectivity index (χ0v) is 20.4. The molecule has 0 radical (unpaired) electrons. The molecule has 3 aromatic rings. The highest BCUT2D eigenvalue weighted by molar-refractivity contribution is 9.11. The van der Waals surface area contributed by atoms with Crippen molar-refractivity contribution in [2.45, 2.75) is 6.61 Å². The first-order valence-electron chi connectivity index (χ1n) is 9.80. The Hall–Kier alpha value is -3.50. The fourth-order valence-corrected chi connectivity index (χ4v) is 4.68. The van der Waals surface area contributed by atoms with Crippen LogP contribution < -0.4 is 15.0 Å². The van der Waals surface area contributed by atoms with Crippen molar-refractivity contribution in [2.24, 2.45) is 0 Å². The lowest BCUT2D eigenvalue weighted by Gasteiger charge is -2.26. The lowest BCUT2D eigenvalue weighted by Crippen LogP contribution is -2.54. The molecular formula is C24H15Br2FN2O5. The van der Waals surface area contributed by atoms with E-state index in [1.807, 2.05) is 0 Å². The first-order valence-corrected chi connectivity index (χ1v) is 11.4. The fourth-order valence-electron chi connectivity index (χ4n) is 3.23. The van der Waals surface area contributed by atoms with Crippen molar-refractivity contribution < 1.29 is 28.6 Å². The van der Waals surface area contributed by atoms with Crippen LogP contribution in [0.15, 0.2) is 75.2 Å². The molecule has 34 heavy (non-hydrogen) atoms. The lowest BCUT2D eigenvalue weighted by molar-refractivity contribution is -0.122. The third-order valence-corrected chi connectivity index (χ3v) is 6.05. The summed E-state index contributed by atoms with van der Waals surface area (Å²) in [6.07, 6.45) is 1.34. The average Bonchev–Trinajstić information content (AvgIpc) is 2.78. The van der Waals surface area contributed by atoms with Gasteiger partial charge in [-0.2, -0.15) is 0 Å². The predicted molar refractivity (Wildman–Crippen MR) is 130 cm³/mol. The normalized spacial score (nSPS) is 15.0.